The van der Waals surface area contributed by atoms with E-state index in [9.17, 15) is 4.79 Å². The van der Waals surface area contributed by atoms with Crippen molar-refractivity contribution in [2.45, 2.75) is 33.1 Å². The molecule has 5 nitrogen and oxygen atoms in total. The molecular weight excluding hydrogens is 252 g/mol. The van der Waals surface area contributed by atoms with Crippen LogP contribution in [0.15, 0.2) is 30.3 Å². The molecule has 2 amide bonds. The summed E-state index contributed by atoms with van der Waals surface area (Å²) in [6.07, 6.45) is 0. The Hall–Kier alpha value is -2.30. The Labute approximate surface area is 118 Å². The number of urea groups is 1. The van der Waals surface area contributed by atoms with Crippen molar-refractivity contribution in [3.63, 3.8) is 0 Å². The molecule has 1 aromatic carbocycles. The molecule has 106 valence electrons. The number of amides is 2. The highest BCUT2D eigenvalue weighted by molar-refractivity contribution is 5.99. The molecule has 0 fully saturated rings. The Morgan fingerprint density at radius 1 is 1.15 bits per heavy atom. The first kappa shape index (κ1) is 14.1. The summed E-state index contributed by atoms with van der Waals surface area (Å²) in [6.45, 7) is 8.24. The average Bonchev–Trinajstić information content (AvgIpc) is 2.80. The highest BCUT2D eigenvalue weighted by Crippen LogP contribution is 2.22. The molecule has 1 heterocycles. The molecule has 20 heavy (non-hydrogen) atoms. The molecule has 0 aliphatic heterocycles. The fourth-order valence-electron chi connectivity index (χ4n) is 1.69. The lowest BCUT2D eigenvalue weighted by molar-refractivity contribution is 0.262. The molecule has 0 aliphatic rings. The van der Waals surface area contributed by atoms with Gasteiger partial charge in [-0.3, -0.25) is 10.4 Å². The Kier molecular flexibility index (Phi) is 3.79. The number of anilines is 2. The number of aryl methyl sites for hydroxylation is 1. The van der Waals surface area contributed by atoms with Gasteiger partial charge in [0, 0.05) is 22.9 Å². The molecule has 0 atom stereocenters. The second-order valence-corrected chi connectivity index (χ2v) is 5.86. The van der Waals surface area contributed by atoms with E-state index < -0.39 is 0 Å². The molecular formula is C15H20N4O. The van der Waals surface area contributed by atoms with E-state index in [1.54, 1.807) is 0 Å². The van der Waals surface area contributed by atoms with Crippen molar-refractivity contribution >= 4 is 17.5 Å². The van der Waals surface area contributed by atoms with E-state index in [4.69, 9.17) is 0 Å². The lowest BCUT2D eigenvalue weighted by atomic mass is 9.92. The van der Waals surface area contributed by atoms with Crippen LogP contribution in [-0.4, -0.2) is 16.2 Å². The maximum absolute atomic E-state index is 11.8. The van der Waals surface area contributed by atoms with Gasteiger partial charge in [-0.1, -0.05) is 38.5 Å². The number of benzene rings is 1. The molecule has 0 radical (unpaired) electrons. The van der Waals surface area contributed by atoms with Crippen LogP contribution in [0.3, 0.4) is 0 Å². The van der Waals surface area contributed by atoms with Crippen LogP contribution in [0, 0.1) is 6.92 Å². The zero-order valence-electron chi connectivity index (χ0n) is 12.2. The summed E-state index contributed by atoms with van der Waals surface area (Å²) in [7, 11) is 0. The van der Waals surface area contributed by atoms with Gasteiger partial charge in [0.15, 0.2) is 5.82 Å². The molecule has 2 aromatic rings. The van der Waals surface area contributed by atoms with Gasteiger partial charge in [-0.2, -0.15) is 5.10 Å². The normalized spacial score (nSPS) is 11.2. The lowest BCUT2D eigenvalue weighted by Gasteiger charge is -2.14. The predicted octanol–water partition coefficient (Wildman–Crippen LogP) is 3.66. The van der Waals surface area contributed by atoms with Gasteiger partial charge >= 0.3 is 6.03 Å². The summed E-state index contributed by atoms with van der Waals surface area (Å²) in [5.41, 5.74) is 2.85. The van der Waals surface area contributed by atoms with Gasteiger partial charge in [0.2, 0.25) is 0 Å². The minimum absolute atomic E-state index is 0.0274. The molecule has 0 spiro atoms. The number of carbonyl (C=O) groups excluding carboxylic acids is 1. The molecule has 1 aromatic heterocycles. The van der Waals surface area contributed by atoms with E-state index in [2.05, 4.69) is 41.6 Å². The van der Waals surface area contributed by atoms with Gasteiger partial charge in [-0.15, -0.1) is 0 Å². The number of hydrogen-bond acceptors (Lipinski definition) is 2. The predicted molar refractivity (Wildman–Crippen MR) is 81.1 cm³/mol. The quantitative estimate of drug-likeness (QED) is 0.780. The average molecular weight is 272 g/mol. The van der Waals surface area contributed by atoms with Gasteiger partial charge in [-0.25, -0.2) is 4.79 Å². The molecule has 3 N–H and O–H groups in total. The van der Waals surface area contributed by atoms with Gasteiger partial charge in [0.1, 0.15) is 0 Å². The van der Waals surface area contributed by atoms with Crippen LogP contribution >= 0.6 is 0 Å². The van der Waals surface area contributed by atoms with Gasteiger partial charge in [0.25, 0.3) is 0 Å². The number of rotatable bonds is 2. The lowest BCUT2D eigenvalue weighted by Crippen LogP contribution is -2.19. The van der Waals surface area contributed by atoms with Crippen molar-refractivity contribution in [1.82, 2.24) is 10.2 Å². The van der Waals surface area contributed by atoms with Crippen LogP contribution in [0.4, 0.5) is 16.3 Å². The van der Waals surface area contributed by atoms with Gasteiger partial charge in [0.05, 0.1) is 0 Å². The van der Waals surface area contributed by atoms with Crippen LogP contribution in [0.1, 0.15) is 32.0 Å². The Morgan fingerprint density at radius 2 is 1.80 bits per heavy atom. The molecule has 5 heteroatoms. The first-order valence-electron chi connectivity index (χ1n) is 6.55. The Balaban J connectivity index is 1.98. The molecule has 0 saturated heterocycles. The Bertz CT molecular complexity index is 593. The molecule has 2 rings (SSSR count). The third kappa shape index (κ3) is 3.60. The summed E-state index contributed by atoms with van der Waals surface area (Å²) in [4.78, 5) is 11.8. The third-order valence-electron chi connectivity index (χ3n) is 2.94. The third-order valence-corrected chi connectivity index (χ3v) is 2.94. The monoisotopic (exact) mass is 272 g/mol. The van der Waals surface area contributed by atoms with E-state index in [0.717, 1.165) is 16.9 Å². The molecule has 0 bridgehead atoms. The van der Waals surface area contributed by atoms with Crippen LogP contribution in [-0.2, 0) is 5.41 Å². The summed E-state index contributed by atoms with van der Waals surface area (Å²) in [6, 6.07) is 9.15. The highest BCUT2D eigenvalue weighted by atomic mass is 16.2. The van der Waals surface area contributed by atoms with E-state index in [1.165, 1.54) is 0 Å². The van der Waals surface area contributed by atoms with Gasteiger partial charge < -0.3 is 5.32 Å². The second kappa shape index (κ2) is 5.36. The summed E-state index contributed by atoms with van der Waals surface area (Å²) >= 11 is 0. The number of nitrogens with one attached hydrogen (secondary N) is 3. The zero-order chi connectivity index (χ0) is 14.8. The molecule has 0 unspecified atom stereocenters. The smallest absolute Gasteiger partial charge is 0.308 e. The summed E-state index contributed by atoms with van der Waals surface area (Å²) in [5.74, 6) is 0.513. The van der Waals surface area contributed by atoms with E-state index in [1.807, 2.05) is 37.3 Å². The Morgan fingerprint density at radius 3 is 2.35 bits per heavy atom. The second-order valence-electron chi connectivity index (χ2n) is 5.86. The number of nitrogens with zero attached hydrogens (tertiary/aromatic N) is 1. The van der Waals surface area contributed by atoms with E-state index in [0.29, 0.717) is 5.82 Å². The standard InChI is InChI=1S/C15H20N4O/c1-10-5-7-11(8-6-10)16-14(20)17-13-9-12(18-19-13)15(2,3)4/h5-9H,1-4H3,(H3,16,17,18,19,20). The molecule has 0 saturated carbocycles. The van der Waals surface area contributed by atoms with Crippen molar-refractivity contribution in [3.05, 3.63) is 41.6 Å². The number of H-pyrrole nitrogens is 1. The van der Waals surface area contributed by atoms with Crippen molar-refractivity contribution < 1.29 is 4.79 Å². The van der Waals surface area contributed by atoms with Gasteiger partial charge in [-0.05, 0) is 19.1 Å². The topological polar surface area (TPSA) is 69.8 Å². The number of aromatic amines is 1. The van der Waals surface area contributed by atoms with Crippen LogP contribution in [0.5, 0.6) is 0 Å². The van der Waals surface area contributed by atoms with Crippen LogP contribution < -0.4 is 10.6 Å². The molecule has 0 aliphatic carbocycles. The van der Waals surface area contributed by atoms with Crippen LogP contribution in [0.2, 0.25) is 0 Å². The maximum atomic E-state index is 11.8. The van der Waals surface area contributed by atoms with Crippen molar-refractivity contribution in [3.8, 4) is 0 Å². The SMILES string of the molecule is Cc1ccc(NC(=O)Nc2cc(C(C)(C)C)[nH]n2)cc1. The summed E-state index contributed by atoms with van der Waals surface area (Å²) < 4.78 is 0. The fraction of sp³-hybridized carbons (Fsp3) is 0.333. The fourth-order valence-corrected chi connectivity index (χ4v) is 1.69. The van der Waals surface area contributed by atoms with Crippen LogP contribution in [0.25, 0.3) is 0 Å². The first-order valence-corrected chi connectivity index (χ1v) is 6.55. The number of carbonyl (C=O) groups is 1. The number of aromatic nitrogens is 2. The van der Waals surface area contributed by atoms with E-state index >= 15 is 0 Å². The minimum atomic E-state index is -0.305. The van der Waals surface area contributed by atoms with E-state index in [-0.39, 0.29) is 11.4 Å². The van der Waals surface area contributed by atoms with Crippen molar-refractivity contribution in [2.24, 2.45) is 0 Å². The first-order chi connectivity index (χ1) is 9.34. The minimum Gasteiger partial charge on any atom is -0.308 e. The maximum Gasteiger partial charge on any atom is 0.324 e. The largest absolute Gasteiger partial charge is 0.324 e. The summed E-state index contributed by atoms with van der Waals surface area (Å²) in [5, 5.41) is 12.5. The highest BCUT2D eigenvalue weighted by Gasteiger charge is 2.17. The van der Waals surface area contributed by atoms with Crippen molar-refractivity contribution in [1.29, 1.82) is 0 Å². The zero-order valence-corrected chi connectivity index (χ0v) is 12.2. The van der Waals surface area contributed by atoms with Crippen molar-refractivity contribution in [2.75, 3.05) is 10.6 Å². The number of hydrogen-bond donors (Lipinski definition) is 3.